The van der Waals surface area contributed by atoms with Gasteiger partial charge in [-0.15, -0.1) is 4.52 Å². The number of nitrogen functional groups attached to an aromatic ring is 1. The van der Waals surface area contributed by atoms with Crippen molar-refractivity contribution in [2.75, 3.05) is 19.5 Å². The third kappa shape index (κ3) is 3.86. The fourth-order valence-corrected chi connectivity index (χ4v) is 1.53. The summed E-state index contributed by atoms with van der Waals surface area (Å²) in [6.07, 6.45) is 1.70. The van der Waals surface area contributed by atoms with Gasteiger partial charge in [-0.25, -0.2) is 0 Å². The number of hydrogen-bond acceptors (Lipinski definition) is 4. The van der Waals surface area contributed by atoms with Gasteiger partial charge in [-0.3, -0.25) is 0 Å². The first-order valence-electron chi connectivity index (χ1n) is 4.69. The van der Waals surface area contributed by atoms with Crippen molar-refractivity contribution in [3.8, 4) is 5.75 Å². The topological polar surface area (TPSA) is 61.5 Å². The van der Waals surface area contributed by atoms with Crippen LogP contribution in [0.25, 0.3) is 0 Å². The van der Waals surface area contributed by atoms with E-state index in [-0.39, 0.29) is 0 Å². The van der Waals surface area contributed by atoms with E-state index < -0.39 is 8.69 Å². The lowest BCUT2D eigenvalue weighted by molar-refractivity contribution is 0.335. The van der Waals surface area contributed by atoms with E-state index in [0.29, 0.717) is 18.0 Å². The fourth-order valence-electron chi connectivity index (χ4n) is 1.30. The molecule has 1 atom stereocenters. The summed E-state index contributed by atoms with van der Waals surface area (Å²) < 4.78 is 19.9. The van der Waals surface area contributed by atoms with Gasteiger partial charge in [0.2, 0.25) is 0 Å². The molecular weight excluding hydrogens is 213 g/mol. The molecule has 0 bridgehead atoms. The number of anilines is 1. The molecule has 0 radical (unpaired) electrons. The van der Waals surface area contributed by atoms with Gasteiger partial charge in [0.1, 0.15) is 12.4 Å². The van der Waals surface area contributed by atoms with E-state index in [1.54, 1.807) is 7.11 Å². The second-order valence-corrected chi connectivity index (χ2v) is 3.57. The van der Waals surface area contributed by atoms with Gasteiger partial charge in [-0.05, 0) is 35.1 Å². The first-order chi connectivity index (χ1) is 7.27. The van der Waals surface area contributed by atoms with E-state index in [4.69, 9.17) is 15.0 Å². The number of rotatable bonds is 6. The number of nitrogens with two attached hydrogens (primary N) is 1. The number of hydrogen-bond donors (Lipinski definition) is 1. The van der Waals surface area contributed by atoms with Gasteiger partial charge in [-0.2, -0.15) is 0 Å². The van der Waals surface area contributed by atoms with E-state index in [9.17, 15) is 4.57 Å². The molecule has 0 spiro atoms. The zero-order valence-electron chi connectivity index (χ0n) is 8.66. The van der Waals surface area contributed by atoms with Crippen LogP contribution in [0.1, 0.15) is 12.0 Å². The molecule has 0 aliphatic heterocycles. The Hall–Kier alpha value is -1.12. The first kappa shape index (κ1) is 12.0. The van der Waals surface area contributed by atoms with E-state index in [1.165, 1.54) is 0 Å². The highest BCUT2D eigenvalue weighted by Crippen LogP contribution is 2.22. The third-order valence-electron chi connectivity index (χ3n) is 2.07. The molecular formula is C10H15NO3P+. The van der Waals surface area contributed by atoms with Gasteiger partial charge in [-0.1, -0.05) is 6.07 Å². The van der Waals surface area contributed by atoms with E-state index in [0.717, 1.165) is 18.4 Å². The average molecular weight is 228 g/mol. The molecule has 1 aromatic rings. The summed E-state index contributed by atoms with van der Waals surface area (Å²) in [7, 11) is 0.921. The van der Waals surface area contributed by atoms with Crippen LogP contribution in [-0.2, 0) is 15.5 Å². The highest BCUT2D eigenvalue weighted by Gasteiger charge is 2.01. The number of methoxy groups -OCH3 is 1. The Kier molecular flexibility index (Phi) is 5.08. The van der Waals surface area contributed by atoms with Crippen molar-refractivity contribution >= 4 is 14.4 Å². The van der Waals surface area contributed by atoms with Crippen LogP contribution < -0.4 is 10.5 Å². The average Bonchev–Trinajstić information content (AvgIpc) is 2.26. The summed E-state index contributed by atoms with van der Waals surface area (Å²) in [6, 6.07) is 5.69. The molecule has 0 saturated heterocycles. The number of ether oxygens (including phenoxy) is 1. The highest BCUT2D eigenvalue weighted by atomic mass is 31.1. The lowest BCUT2D eigenvalue weighted by Gasteiger charge is -2.06. The standard InChI is InChI=1S/C10H15NO3P/c1-13-10-7-8(4-5-9(10)11)3-2-6-14-15-12/h4-5,7,15H,2-3,6,11H2,1H3/q+1. The Bertz CT molecular complexity index is 330. The predicted molar refractivity (Wildman–Crippen MR) is 60.7 cm³/mol. The number of benzene rings is 1. The minimum Gasteiger partial charge on any atom is -0.495 e. The molecule has 15 heavy (non-hydrogen) atoms. The van der Waals surface area contributed by atoms with Crippen molar-refractivity contribution in [2.45, 2.75) is 12.8 Å². The van der Waals surface area contributed by atoms with Gasteiger partial charge in [0.05, 0.1) is 12.8 Å². The van der Waals surface area contributed by atoms with Gasteiger partial charge in [0.25, 0.3) is 0 Å². The molecule has 0 aliphatic carbocycles. The molecule has 1 aromatic carbocycles. The largest absolute Gasteiger partial charge is 0.495 e. The molecule has 1 rings (SSSR count). The van der Waals surface area contributed by atoms with Crippen molar-refractivity contribution in [2.24, 2.45) is 0 Å². The molecule has 5 heteroatoms. The Balaban J connectivity index is 2.50. The smallest absolute Gasteiger partial charge is 0.494 e. The number of aryl methyl sites for hydroxylation is 1. The van der Waals surface area contributed by atoms with E-state index in [2.05, 4.69) is 0 Å². The van der Waals surface area contributed by atoms with E-state index >= 15 is 0 Å². The van der Waals surface area contributed by atoms with Crippen molar-refractivity contribution in [3.63, 3.8) is 0 Å². The molecule has 82 valence electrons. The summed E-state index contributed by atoms with van der Waals surface area (Å²) in [5.41, 5.74) is 7.46. The van der Waals surface area contributed by atoms with Crippen LogP contribution in [0.4, 0.5) is 5.69 Å². The molecule has 0 heterocycles. The van der Waals surface area contributed by atoms with Gasteiger partial charge < -0.3 is 10.5 Å². The van der Waals surface area contributed by atoms with Crippen LogP contribution in [0.15, 0.2) is 18.2 Å². The van der Waals surface area contributed by atoms with E-state index in [1.807, 2.05) is 18.2 Å². The zero-order valence-corrected chi connectivity index (χ0v) is 9.66. The molecule has 4 nitrogen and oxygen atoms in total. The molecule has 2 N–H and O–H groups in total. The minimum atomic E-state index is -0.674. The molecule has 0 amide bonds. The summed E-state index contributed by atoms with van der Waals surface area (Å²) in [6.45, 7) is 0.509. The fraction of sp³-hybridized carbons (Fsp3) is 0.400. The summed E-state index contributed by atoms with van der Waals surface area (Å²) in [5.74, 6) is 0.694. The first-order valence-corrected chi connectivity index (χ1v) is 5.51. The van der Waals surface area contributed by atoms with Gasteiger partial charge in [0, 0.05) is 0 Å². The normalized spacial score (nSPS) is 10.5. The summed E-state index contributed by atoms with van der Waals surface area (Å²) in [4.78, 5) is 0. The molecule has 0 aliphatic rings. The summed E-state index contributed by atoms with van der Waals surface area (Å²) >= 11 is 0. The maximum absolute atomic E-state index is 10.1. The maximum atomic E-state index is 10.1. The van der Waals surface area contributed by atoms with Crippen LogP contribution in [0, 0.1) is 0 Å². The van der Waals surface area contributed by atoms with Crippen LogP contribution in [-0.4, -0.2) is 13.7 Å². The molecule has 0 fully saturated rings. The lowest BCUT2D eigenvalue weighted by atomic mass is 10.1. The lowest BCUT2D eigenvalue weighted by Crippen LogP contribution is -1.95. The van der Waals surface area contributed by atoms with Crippen molar-refractivity contribution in [1.82, 2.24) is 0 Å². The summed E-state index contributed by atoms with van der Waals surface area (Å²) in [5, 5.41) is 0. The zero-order chi connectivity index (χ0) is 11.1. The SMILES string of the molecule is COc1cc(CCCO[PH+]=O)ccc1N. The van der Waals surface area contributed by atoms with Crippen molar-refractivity contribution < 1.29 is 13.8 Å². The van der Waals surface area contributed by atoms with Crippen molar-refractivity contribution in [3.05, 3.63) is 23.8 Å². The molecule has 0 saturated carbocycles. The van der Waals surface area contributed by atoms with Crippen LogP contribution in [0.5, 0.6) is 5.75 Å². The minimum absolute atomic E-state index is 0.509. The van der Waals surface area contributed by atoms with Crippen LogP contribution in [0.2, 0.25) is 0 Å². The monoisotopic (exact) mass is 228 g/mol. The Morgan fingerprint density at radius 1 is 1.47 bits per heavy atom. The van der Waals surface area contributed by atoms with Gasteiger partial charge >= 0.3 is 8.69 Å². The highest BCUT2D eigenvalue weighted by molar-refractivity contribution is 7.17. The molecule has 0 aromatic heterocycles. The van der Waals surface area contributed by atoms with Gasteiger partial charge in [0.15, 0.2) is 0 Å². The van der Waals surface area contributed by atoms with Crippen LogP contribution >= 0.6 is 8.69 Å². The third-order valence-corrected chi connectivity index (χ3v) is 2.39. The predicted octanol–water partition coefficient (Wildman–Crippen LogP) is 2.17. The Morgan fingerprint density at radius 2 is 2.27 bits per heavy atom. The Labute approximate surface area is 90.7 Å². The van der Waals surface area contributed by atoms with Crippen molar-refractivity contribution in [1.29, 1.82) is 0 Å². The second kappa shape index (κ2) is 6.38. The maximum Gasteiger partial charge on any atom is 0.494 e. The molecule has 1 unspecified atom stereocenters. The Morgan fingerprint density at radius 3 is 2.93 bits per heavy atom. The second-order valence-electron chi connectivity index (χ2n) is 3.11. The quantitative estimate of drug-likeness (QED) is 0.460. The van der Waals surface area contributed by atoms with Crippen LogP contribution in [0.3, 0.4) is 0 Å².